The molecule has 1 rings (SSSR count). The zero-order valence-corrected chi connectivity index (χ0v) is 11.7. The van der Waals surface area contributed by atoms with Crippen LogP contribution in [0.4, 0.5) is 14.9 Å². The fraction of sp³-hybridized carbons (Fsp3) is 0.429. The lowest BCUT2D eigenvalue weighted by Gasteiger charge is -2.11. The second-order valence-electron chi connectivity index (χ2n) is 4.14. The van der Waals surface area contributed by atoms with Crippen LogP contribution in [-0.2, 0) is 9.47 Å². The average Bonchev–Trinajstić information content (AvgIpc) is 2.47. The Balaban J connectivity index is 2.80. The SMILES string of the molecule is CCCCOC(=O)Nc1c(F)cccc1C(=O)OCCO. The van der Waals surface area contributed by atoms with Gasteiger partial charge in [0, 0.05) is 0 Å². The Bertz CT molecular complexity index is 492. The number of halogens is 1. The number of anilines is 1. The van der Waals surface area contributed by atoms with Gasteiger partial charge in [-0.05, 0) is 18.6 Å². The number of unbranched alkanes of at least 4 members (excludes halogenated alkanes) is 1. The molecule has 0 heterocycles. The lowest BCUT2D eigenvalue weighted by molar-refractivity contribution is 0.0434. The number of amides is 1. The third-order valence-corrected chi connectivity index (χ3v) is 2.52. The molecule has 21 heavy (non-hydrogen) atoms. The molecule has 6 nitrogen and oxygen atoms in total. The second kappa shape index (κ2) is 8.91. The highest BCUT2D eigenvalue weighted by Gasteiger charge is 2.18. The van der Waals surface area contributed by atoms with Crippen LogP contribution < -0.4 is 5.32 Å². The molecule has 1 amide bonds. The van der Waals surface area contributed by atoms with E-state index in [0.29, 0.717) is 6.42 Å². The normalized spacial score (nSPS) is 10.0. The summed E-state index contributed by atoms with van der Waals surface area (Å²) in [6.45, 7) is 1.59. The van der Waals surface area contributed by atoms with Gasteiger partial charge in [0.15, 0.2) is 0 Å². The van der Waals surface area contributed by atoms with E-state index in [9.17, 15) is 14.0 Å². The molecule has 0 aliphatic carbocycles. The van der Waals surface area contributed by atoms with Crippen molar-refractivity contribution in [1.82, 2.24) is 0 Å². The third kappa shape index (κ3) is 5.39. The van der Waals surface area contributed by atoms with Crippen LogP contribution in [0.1, 0.15) is 30.1 Å². The summed E-state index contributed by atoms with van der Waals surface area (Å²) >= 11 is 0. The third-order valence-electron chi connectivity index (χ3n) is 2.52. The molecular formula is C14H18FNO5. The molecule has 0 bridgehead atoms. The van der Waals surface area contributed by atoms with Gasteiger partial charge in [0.05, 0.1) is 24.5 Å². The number of esters is 1. The average molecular weight is 299 g/mol. The monoisotopic (exact) mass is 299 g/mol. The van der Waals surface area contributed by atoms with Crippen LogP contribution in [0.25, 0.3) is 0 Å². The number of hydrogen-bond acceptors (Lipinski definition) is 5. The van der Waals surface area contributed by atoms with Gasteiger partial charge in [0.1, 0.15) is 12.4 Å². The molecule has 2 N–H and O–H groups in total. The quantitative estimate of drug-likeness (QED) is 0.596. The first-order valence-corrected chi connectivity index (χ1v) is 6.60. The molecule has 0 spiro atoms. The van der Waals surface area contributed by atoms with Crippen molar-refractivity contribution in [3.05, 3.63) is 29.6 Å². The van der Waals surface area contributed by atoms with Crippen LogP contribution >= 0.6 is 0 Å². The smallest absolute Gasteiger partial charge is 0.411 e. The molecule has 0 unspecified atom stereocenters. The molecule has 0 radical (unpaired) electrons. The van der Waals surface area contributed by atoms with Gasteiger partial charge in [-0.3, -0.25) is 5.32 Å². The van der Waals surface area contributed by atoms with Gasteiger partial charge in [-0.2, -0.15) is 0 Å². The summed E-state index contributed by atoms with van der Waals surface area (Å²) in [4.78, 5) is 23.3. The summed E-state index contributed by atoms with van der Waals surface area (Å²) in [6, 6.07) is 3.73. The van der Waals surface area contributed by atoms with Crippen LogP contribution in [-0.4, -0.2) is 37.0 Å². The van der Waals surface area contributed by atoms with Gasteiger partial charge in [0.2, 0.25) is 0 Å². The Hall–Kier alpha value is -2.15. The number of ether oxygens (including phenoxy) is 2. The topological polar surface area (TPSA) is 84.9 Å². The lowest BCUT2D eigenvalue weighted by atomic mass is 10.1. The zero-order valence-electron chi connectivity index (χ0n) is 11.7. The predicted molar refractivity (Wildman–Crippen MR) is 73.6 cm³/mol. The van der Waals surface area contributed by atoms with Crippen LogP contribution in [0.2, 0.25) is 0 Å². The fourth-order valence-electron chi connectivity index (χ4n) is 1.48. The van der Waals surface area contributed by atoms with Crippen molar-refractivity contribution in [3.63, 3.8) is 0 Å². The molecule has 0 saturated carbocycles. The van der Waals surface area contributed by atoms with Crippen LogP contribution in [0, 0.1) is 5.82 Å². The summed E-state index contributed by atoms with van der Waals surface area (Å²) in [7, 11) is 0. The van der Waals surface area contributed by atoms with E-state index in [-0.39, 0.29) is 31.1 Å². The molecule has 1 aromatic rings. The summed E-state index contributed by atoms with van der Waals surface area (Å²) < 4.78 is 23.3. The van der Waals surface area contributed by atoms with Gasteiger partial charge < -0.3 is 14.6 Å². The minimum atomic E-state index is -0.843. The second-order valence-corrected chi connectivity index (χ2v) is 4.14. The maximum atomic E-state index is 13.8. The van der Waals surface area contributed by atoms with E-state index >= 15 is 0 Å². The number of carbonyl (C=O) groups excluding carboxylic acids is 2. The Morgan fingerprint density at radius 1 is 1.29 bits per heavy atom. The van der Waals surface area contributed by atoms with Crippen molar-refractivity contribution in [2.75, 3.05) is 25.1 Å². The molecule has 0 saturated heterocycles. The minimum absolute atomic E-state index is 0.143. The number of nitrogens with one attached hydrogen (secondary N) is 1. The van der Waals surface area contributed by atoms with Crippen molar-refractivity contribution < 1.29 is 28.6 Å². The van der Waals surface area contributed by atoms with Gasteiger partial charge in [-0.25, -0.2) is 14.0 Å². The maximum absolute atomic E-state index is 13.8. The Morgan fingerprint density at radius 3 is 2.71 bits per heavy atom. The van der Waals surface area contributed by atoms with E-state index in [1.165, 1.54) is 12.1 Å². The van der Waals surface area contributed by atoms with Crippen molar-refractivity contribution in [3.8, 4) is 0 Å². The molecule has 0 atom stereocenters. The van der Waals surface area contributed by atoms with E-state index < -0.39 is 17.9 Å². The Morgan fingerprint density at radius 2 is 2.05 bits per heavy atom. The molecule has 0 fully saturated rings. The van der Waals surface area contributed by atoms with E-state index in [2.05, 4.69) is 5.32 Å². The highest BCUT2D eigenvalue weighted by Crippen LogP contribution is 2.21. The maximum Gasteiger partial charge on any atom is 0.411 e. The van der Waals surface area contributed by atoms with Crippen molar-refractivity contribution >= 4 is 17.7 Å². The molecule has 1 aromatic carbocycles. The summed E-state index contributed by atoms with van der Waals surface area (Å²) in [5.41, 5.74) is -0.446. The largest absolute Gasteiger partial charge is 0.460 e. The molecule has 0 aliphatic rings. The summed E-state index contributed by atoms with van der Waals surface area (Å²) in [6.07, 6.45) is 0.701. The Kier molecular flexibility index (Phi) is 7.17. The van der Waals surface area contributed by atoms with Gasteiger partial charge in [-0.1, -0.05) is 19.4 Å². The van der Waals surface area contributed by atoms with E-state index in [4.69, 9.17) is 14.6 Å². The van der Waals surface area contributed by atoms with Crippen molar-refractivity contribution in [2.24, 2.45) is 0 Å². The van der Waals surface area contributed by atoms with Crippen molar-refractivity contribution in [2.45, 2.75) is 19.8 Å². The van der Waals surface area contributed by atoms with E-state index in [0.717, 1.165) is 12.5 Å². The fourth-order valence-corrected chi connectivity index (χ4v) is 1.48. The number of carbonyl (C=O) groups is 2. The standard InChI is InChI=1S/C14H18FNO5/c1-2-3-8-21-14(19)16-12-10(5-4-6-11(12)15)13(18)20-9-7-17/h4-6,17H,2-3,7-9H2,1H3,(H,16,19). The number of aliphatic hydroxyl groups is 1. The van der Waals surface area contributed by atoms with Crippen LogP contribution in [0.5, 0.6) is 0 Å². The molecule has 7 heteroatoms. The zero-order chi connectivity index (χ0) is 15.7. The first-order chi connectivity index (χ1) is 10.1. The number of benzene rings is 1. The first-order valence-electron chi connectivity index (χ1n) is 6.60. The number of aliphatic hydroxyl groups excluding tert-OH is 1. The number of hydrogen-bond donors (Lipinski definition) is 2. The summed E-state index contributed by atoms with van der Waals surface area (Å²) in [5, 5.41) is 10.8. The minimum Gasteiger partial charge on any atom is -0.460 e. The molecule has 0 aliphatic heterocycles. The number of para-hydroxylation sites is 1. The Labute approximate surface area is 121 Å². The number of rotatable bonds is 7. The van der Waals surface area contributed by atoms with Gasteiger partial charge in [-0.15, -0.1) is 0 Å². The predicted octanol–water partition coefficient (Wildman–Crippen LogP) is 2.32. The highest BCUT2D eigenvalue weighted by atomic mass is 19.1. The highest BCUT2D eigenvalue weighted by molar-refractivity contribution is 5.99. The lowest BCUT2D eigenvalue weighted by Crippen LogP contribution is -2.19. The van der Waals surface area contributed by atoms with Crippen LogP contribution in [0.15, 0.2) is 18.2 Å². The first kappa shape index (κ1) is 16.9. The van der Waals surface area contributed by atoms with Crippen LogP contribution in [0.3, 0.4) is 0 Å². The van der Waals surface area contributed by atoms with E-state index in [1.807, 2.05) is 6.92 Å². The molecule has 116 valence electrons. The van der Waals surface area contributed by atoms with E-state index in [1.54, 1.807) is 0 Å². The van der Waals surface area contributed by atoms with Gasteiger partial charge >= 0.3 is 12.1 Å². The van der Waals surface area contributed by atoms with Gasteiger partial charge in [0.25, 0.3) is 0 Å². The molecule has 0 aromatic heterocycles. The van der Waals surface area contributed by atoms with Crippen molar-refractivity contribution in [1.29, 1.82) is 0 Å². The molecular weight excluding hydrogens is 281 g/mol. The summed E-state index contributed by atoms with van der Waals surface area (Å²) in [5.74, 6) is -1.62.